The van der Waals surface area contributed by atoms with Gasteiger partial charge in [0.1, 0.15) is 0 Å². The number of hydrogen-bond donors (Lipinski definition) is 3. The van der Waals surface area contributed by atoms with E-state index >= 15 is 0 Å². The number of anilines is 1. The van der Waals surface area contributed by atoms with Crippen LogP contribution >= 0.6 is 0 Å². The highest BCUT2D eigenvalue weighted by Gasteiger charge is 2.03. The van der Waals surface area contributed by atoms with Gasteiger partial charge in [0.15, 0.2) is 5.84 Å². The van der Waals surface area contributed by atoms with Crippen LogP contribution in [0.15, 0.2) is 29.4 Å². The zero-order valence-corrected chi connectivity index (χ0v) is 10.9. The first-order valence-electron chi connectivity index (χ1n) is 6.13. The SMILES string of the molecule is CCCOCCC(=O)Nc1ccc(C(N)=NO)cc1. The molecule has 0 aromatic heterocycles. The fourth-order valence-corrected chi connectivity index (χ4v) is 1.42. The normalized spacial score (nSPS) is 11.3. The van der Waals surface area contributed by atoms with Crippen LogP contribution in [0.2, 0.25) is 0 Å². The van der Waals surface area contributed by atoms with Crippen molar-refractivity contribution in [3.8, 4) is 0 Å². The van der Waals surface area contributed by atoms with Gasteiger partial charge in [-0.2, -0.15) is 0 Å². The van der Waals surface area contributed by atoms with Gasteiger partial charge in [0, 0.05) is 17.9 Å². The van der Waals surface area contributed by atoms with Crippen LogP contribution in [0.5, 0.6) is 0 Å². The predicted octanol–water partition coefficient (Wildman–Crippen LogP) is 1.54. The molecule has 0 fully saturated rings. The average Bonchev–Trinajstić information content (AvgIpc) is 2.43. The molecular weight excluding hydrogens is 246 g/mol. The van der Waals surface area contributed by atoms with Crippen molar-refractivity contribution in [2.45, 2.75) is 19.8 Å². The highest BCUT2D eigenvalue weighted by Crippen LogP contribution is 2.09. The Hall–Kier alpha value is -2.08. The number of amides is 1. The first kappa shape index (κ1) is 15.0. The van der Waals surface area contributed by atoms with Crippen LogP contribution in [0.4, 0.5) is 5.69 Å². The van der Waals surface area contributed by atoms with Gasteiger partial charge in [-0.3, -0.25) is 4.79 Å². The maximum absolute atomic E-state index is 11.6. The predicted molar refractivity (Wildman–Crippen MR) is 73.3 cm³/mol. The molecule has 0 saturated carbocycles. The number of rotatable bonds is 7. The van der Waals surface area contributed by atoms with Crippen LogP contribution < -0.4 is 11.1 Å². The summed E-state index contributed by atoms with van der Waals surface area (Å²) in [6.45, 7) is 3.10. The molecule has 1 aromatic rings. The third-order valence-corrected chi connectivity index (χ3v) is 2.39. The Balaban J connectivity index is 2.42. The van der Waals surface area contributed by atoms with E-state index in [1.165, 1.54) is 0 Å². The van der Waals surface area contributed by atoms with E-state index in [2.05, 4.69) is 10.5 Å². The Morgan fingerprint density at radius 2 is 2.05 bits per heavy atom. The number of nitrogens with zero attached hydrogens (tertiary/aromatic N) is 1. The van der Waals surface area contributed by atoms with Crippen LogP contribution in [0, 0.1) is 0 Å². The lowest BCUT2D eigenvalue weighted by Gasteiger charge is -2.06. The van der Waals surface area contributed by atoms with E-state index < -0.39 is 0 Å². The van der Waals surface area contributed by atoms with Crippen molar-refractivity contribution >= 4 is 17.4 Å². The maximum Gasteiger partial charge on any atom is 0.226 e. The zero-order valence-electron chi connectivity index (χ0n) is 10.9. The lowest BCUT2D eigenvalue weighted by atomic mass is 10.2. The van der Waals surface area contributed by atoms with Crippen LogP contribution in [-0.2, 0) is 9.53 Å². The van der Waals surface area contributed by atoms with Crippen LogP contribution in [-0.4, -0.2) is 30.2 Å². The smallest absolute Gasteiger partial charge is 0.226 e. The van der Waals surface area contributed by atoms with E-state index in [9.17, 15) is 4.79 Å². The van der Waals surface area contributed by atoms with Crippen molar-refractivity contribution in [2.75, 3.05) is 18.5 Å². The summed E-state index contributed by atoms with van der Waals surface area (Å²) < 4.78 is 5.24. The van der Waals surface area contributed by atoms with Crippen molar-refractivity contribution in [1.29, 1.82) is 0 Å². The third kappa shape index (κ3) is 5.39. The highest BCUT2D eigenvalue weighted by molar-refractivity contribution is 5.98. The molecule has 104 valence electrons. The maximum atomic E-state index is 11.6. The monoisotopic (exact) mass is 265 g/mol. The van der Waals surface area contributed by atoms with Gasteiger partial charge in [-0.25, -0.2) is 0 Å². The number of benzene rings is 1. The highest BCUT2D eigenvalue weighted by atomic mass is 16.5. The lowest BCUT2D eigenvalue weighted by Crippen LogP contribution is -2.15. The number of nitrogens with one attached hydrogen (secondary N) is 1. The van der Waals surface area contributed by atoms with Crippen molar-refractivity contribution in [2.24, 2.45) is 10.9 Å². The largest absolute Gasteiger partial charge is 0.409 e. The Labute approximate surface area is 112 Å². The molecule has 1 amide bonds. The average molecular weight is 265 g/mol. The quantitative estimate of drug-likeness (QED) is 0.229. The molecule has 0 spiro atoms. The van der Waals surface area contributed by atoms with E-state index in [0.29, 0.717) is 30.9 Å². The number of ether oxygens (including phenoxy) is 1. The van der Waals surface area contributed by atoms with E-state index in [1.807, 2.05) is 6.92 Å². The Morgan fingerprint density at radius 3 is 2.63 bits per heavy atom. The van der Waals surface area contributed by atoms with Crippen LogP contribution in [0.25, 0.3) is 0 Å². The van der Waals surface area contributed by atoms with E-state index in [4.69, 9.17) is 15.7 Å². The summed E-state index contributed by atoms with van der Waals surface area (Å²) in [6, 6.07) is 6.72. The molecule has 1 aromatic carbocycles. The summed E-state index contributed by atoms with van der Waals surface area (Å²) in [5.74, 6) is -0.0708. The van der Waals surface area contributed by atoms with Crippen molar-refractivity contribution in [3.63, 3.8) is 0 Å². The Morgan fingerprint density at radius 1 is 1.37 bits per heavy atom. The van der Waals surface area contributed by atoms with Crippen LogP contribution in [0.1, 0.15) is 25.3 Å². The Kier molecular flexibility index (Phi) is 6.38. The number of nitrogens with two attached hydrogens (primary N) is 1. The number of hydrogen-bond acceptors (Lipinski definition) is 4. The van der Waals surface area contributed by atoms with Gasteiger partial charge in [0.2, 0.25) is 5.91 Å². The summed E-state index contributed by atoms with van der Waals surface area (Å²) >= 11 is 0. The molecule has 0 heterocycles. The fourth-order valence-electron chi connectivity index (χ4n) is 1.42. The number of carbonyl (C=O) groups excluding carboxylic acids is 1. The van der Waals surface area contributed by atoms with Gasteiger partial charge in [0.25, 0.3) is 0 Å². The molecule has 0 saturated heterocycles. The Bertz CT molecular complexity index is 429. The topological polar surface area (TPSA) is 96.9 Å². The molecule has 0 bridgehead atoms. The number of oxime groups is 1. The van der Waals surface area contributed by atoms with Gasteiger partial charge in [0.05, 0.1) is 13.0 Å². The van der Waals surface area contributed by atoms with E-state index in [0.717, 1.165) is 6.42 Å². The molecule has 0 radical (unpaired) electrons. The van der Waals surface area contributed by atoms with Crippen molar-refractivity contribution in [1.82, 2.24) is 0 Å². The second kappa shape index (κ2) is 8.10. The summed E-state index contributed by atoms with van der Waals surface area (Å²) in [7, 11) is 0. The molecule has 0 aliphatic rings. The zero-order chi connectivity index (χ0) is 14.1. The molecule has 6 nitrogen and oxygen atoms in total. The number of carbonyl (C=O) groups is 1. The molecule has 0 unspecified atom stereocenters. The first-order chi connectivity index (χ1) is 9.17. The van der Waals surface area contributed by atoms with Gasteiger partial charge in [-0.1, -0.05) is 12.1 Å². The first-order valence-corrected chi connectivity index (χ1v) is 6.13. The van der Waals surface area contributed by atoms with E-state index in [-0.39, 0.29) is 11.7 Å². The molecule has 4 N–H and O–H groups in total. The second-order valence-electron chi connectivity index (χ2n) is 3.97. The van der Waals surface area contributed by atoms with Crippen LogP contribution in [0.3, 0.4) is 0 Å². The third-order valence-electron chi connectivity index (χ3n) is 2.39. The summed E-state index contributed by atoms with van der Waals surface area (Å²) in [5, 5.41) is 14.2. The minimum atomic E-state index is -0.104. The molecular formula is C13H19N3O3. The van der Waals surface area contributed by atoms with E-state index in [1.54, 1.807) is 24.3 Å². The standard InChI is InChI=1S/C13H19N3O3/c1-2-8-19-9-7-12(17)15-11-5-3-10(4-6-11)13(14)16-18/h3-6,18H,2,7-9H2,1H3,(H2,14,16)(H,15,17). The second-order valence-corrected chi connectivity index (χ2v) is 3.97. The van der Waals surface area contributed by atoms with Gasteiger partial charge < -0.3 is 21.0 Å². The molecule has 6 heteroatoms. The molecule has 0 aliphatic carbocycles. The van der Waals surface area contributed by atoms with Crippen molar-refractivity contribution < 1.29 is 14.7 Å². The lowest BCUT2D eigenvalue weighted by molar-refractivity contribution is -0.117. The summed E-state index contributed by atoms with van der Waals surface area (Å²) in [4.78, 5) is 11.6. The molecule has 0 aliphatic heterocycles. The summed E-state index contributed by atoms with van der Waals surface area (Å²) in [6.07, 6.45) is 1.26. The number of amidine groups is 1. The van der Waals surface area contributed by atoms with Crippen molar-refractivity contribution in [3.05, 3.63) is 29.8 Å². The minimum absolute atomic E-state index is 0.0332. The van der Waals surface area contributed by atoms with Gasteiger partial charge >= 0.3 is 0 Å². The molecule has 0 atom stereocenters. The van der Waals surface area contributed by atoms with Gasteiger partial charge in [-0.05, 0) is 30.7 Å². The minimum Gasteiger partial charge on any atom is -0.409 e. The molecule has 1 rings (SSSR count). The molecule has 19 heavy (non-hydrogen) atoms. The fraction of sp³-hybridized carbons (Fsp3) is 0.385. The van der Waals surface area contributed by atoms with Gasteiger partial charge in [-0.15, -0.1) is 0 Å². The summed E-state index contributed by atoms with van der Waals surface area (Å²) in [5.41, 5.74) is 6.69.